The third-order valence-electron chi connectivity index (χ3n) is 5.90. The molecule has 9 heteroatoms. The molecule has 0 bridgehead atoms. The number of nitrogens with zero attached hydrogens (tertiary/aromatic N) is 6. The third kappa shape index (κ3) is 3.41. The lowest BCUT2D eigenvalue weighted by molar-refractivity contribution is -0.134. The van der Waals surface area contributed by atoms with E-state index < -0.39 is 0 Å². The van der Waals surface area contributed by atoms with E-state index in [1.54, 1.807) is 30.4 Å². The van der Waals surface area contributed by atoms with Crippen molar-refractivity contribution in [1.82, 2.24) is 29.6 Å². The summed E-state index contributed by atoms with van der Waals surface area (Å²) >= 11 is 0. The number of hydrogen-bond acceptors (Lipinski definition) is 6. The highest BCUT2D eigenvalue weighted by molar-refractivity contribution is 6.13. The molecule has 1 aliphatic heterocycles. The van der Waals surface area contributed by atoms with Crippen LogP contribution in [0.25, 0.3) is 22.2 Å². The first kappa shape index (κ1) is 19.9. The Morgan fingerprint density at radius 3 is 2.81 bits per heavy atom. The molecule has 4 aromatic rings. The highest BCUT2D eigenvalue weighted by Crippen LogP contribution is 2.32. The topological polar surface area (TPSA) is 112 Å². The molecule has 5 heterocycles. The van der Waals surface area contributed by atoms with Crippen molar-refractivity contribution in [2.45, 2.75) is 26.8 Å². The molecular formula is C23H23N7O2. The average molecular weight is 429 g/mol. The van der Waals surface area contributed by atoms with Crippen LogP contribution in [-0.2, 0) is 4.79 Å². The fraction of sp³-hybridized carbons (Fsp3) is 0.261. The lowest BCUT2D eigenvalue weighted by Gasteiger charge is -2.38. The Kier molecular flexibility index (Phi) is 4.73. The minimum atomic E-state index is 0.0404. The van der Waals surface area contributed by atoms with Crippen LogP contribution in [0.15, 0.2) is 48.0 Å². The van der Waals surface area contributed by atoms with Gasteiger partial charge >= 0.3 is 0 Å². The second-order valence-electron chi connectivity index (χ2n) is 8.08. The first-order chi connectivity index (χ1) is 15.4. The zero-order chi connectivity index (χ0) is 22.4. The normalized spacial score (nSPS) is 14.7. The fourth-order valence-electron chi connectivity index (χ4n) is 4.02. The zero-order valence-corrected chi connectivity index (χ0v) is 18.1. The van der Waals surface area contributed by atoms with Gasteiger partial charge in [0, 0.05) is 55.6 Å². The van der Waals surface area contributed by atoms with Crippen molar-refractivity contribution in [2.24, 2.45) is 4.99 Å². The summed E-state index contributed by atoms with van der Waals surface area (Å²) in [7, 11) is 0. The Balaban J connectivity index is 1.47. The molecule has 9 nitrogen and oxygen atoms in total. The Bertz CT molecular complexity index is 1360. The number of aliphatic imine (C=N–C) groups is 1. The maximum absolute atomic E-state index is 11.4. The van der Waals surface area contributed by atoms with Crippen molar-refractivity contribution in [1.29, 1.82) is 0 Å². The highest BCUT2D eigenvalue weighted by atomic mass is 16.3. The molecule has 0 aromatic carbocycles. The Hall–Kier alpha value is -4.01. The van der Waals surface area contributed by atoms with Crippen LogP contribution in [0.5, 0.6) is 5.88 Å². The molecule has 5 rings (SSSR count). The van der Waals surface area contributed by atoms with Crippen LogP contribution >= 0.6 is 0 Å². The summed E-state index contributed by atoms with van der Waals surface area (Å²) in [5.74, 6) is 0.668. The maximum atomic E-state index is 11.4. The minimum Gasteiger partial charge on any atom is -0.494 e. The van der Waals surface area contributed by atoms with E-state index in [-0.39, 0.29) is 17.8 Å². The van der Waals surface area contributed by atoms with E-state index in [2.05, 4.69) is 25.0 Å². The monoisotopic (exact) mass is 429 g/mol. The molecule has 2 N–H and O–H groups in total. The maximum Gasteiger partial charge on any atom is 0.219 e. The molecule has 0 unspecified atom stereocenters. The molecule has 32 heavy (non-hydrogen) atoms. The van der Waals surface area contributed by atoms with Crippen LogP contribution in [-0.4, -0.2) is 59.4 Å². The summed E-state index contributed by atoms with van der Waals surface area (Å²) in [6.07, 6.45) is 7.12. The number of aryl methyl sites for hydroxylation is 1. The van der Waals surface area contributed by atoms with Gasteiger partial charge in [-0.1, -0.05) is 0 Å². The molecule has 0 atom stereocenters. The van der Waals surface area contributed by atoms with Crippen molar-refractivity contribution in [3.05, 3.63) is 54.1 Å². The van der Waals surface area contributed by atoms with Gasteiger partial charge in [0.05, 0.1) is 34.7 Å². The number of carbonyl (C=O) groups is 1. The van der Waals surface area contributed by atoms with Crippen LogP contribution < -0.4 is 0 Å². The van der Waals surface area contributed by atoms with Crippen LogP contribution in [0.4, 0.5) is 5.82 Å². The first-order valence-electron chi connectivity index (χ1n) is 10.4. The van der Waals surface area contributed by atoms with Gasteiger partial charge in [0.2, 0.25) is 5.91 Å². The van der Waals surface area contributed by atoms with Gasteiger partial charge in [0.25, 0.3) is 0 Å². The summed E-state index contributed by atoms with van der Waals surface area (Å²) in [5, 5.41) is 15.9. The Morgan fingerprint density at radius 2 is 2.06 bits per heavy atom. The Labute approximate surface area is 184 Å². The summed E-state index contributed by atoms with van der Waals surface area (Å²) in [4.78, 5) is 29.5. The molecule has 4 aromatic heterocycles. The number of aromatic nitrogens is 5. The number of amides is 1. The SMILES string of the molecule is CC(=O)N1CC(n2ccc(N=C(C)c3c(O)[nH]c4cnc(-c5cnccc5C)cc34)n2)C1. The van der Waals surface area contributed by atoms with Crippen molar-refractivity contribution in [3.8, 4) is 17.1 Å². The number of fused-ring (bicyclic) bond motifs is 1. The van der Waals surface area contributed by atoms with Gasteiger partial charge in [0.15, 0.2) is 11.7 Å². The lowest BCUT2D eigenvalue weighted by Crippen LogP contribution is -2.49. The number of carbonyl (C=O) groups excluding carboxylic acids is 1. The van der Waals surface area contributed by atoms with E-state index >= 15 is 0 Å². The summed E-state index contributed by atoms with van der Waals surface area (Å²) < 4.78 is 1.84. The second-order valence-corrected chi connectivity index (χ2v) is 8.08. The molecule has 162 valence electrons. The van der Waals surface area contributed by atoms with E-state index in [9.17, 15) is 9.90 Å². The smallest absolute Gasteiger partial charge is 0.219 e. The molecule has 1 fully saturated rings. The van der Waals surface area contributed by atoms with Crippen molar-refractivity contribution in [3.63, 3.8) is 0 Å². The predicted octanol–water partition coefficient (Wildman–Crippen LogP) is 3.38. The lowest BCUT2D eigenvalue weighted by atomic mass is 10.0. The highest BCUT2D eigenvalue weighted by Gasteiger charge is 2.30. The van der Waals surface area contributed by atoms with Crippen LogP contribution in [0.2, 0.25) is 0 Å². The van der Waals surface area contributed by atoms with Gasteiger partial charge in [-0.3, -0.25) is 19.4 Å². The van der Waals surface area contributed by atoms with Crippen molar-refractivity contribution < 1.29 is 9.90 Å². The van der Waals surface area contributed by atoms with E-state index in [0.717, 1.165) is 27.7 Å². The van der Waals surface area contributed by atoms with E-state index in [0.29, 0.717) is 30.2 Å². The predicted molar refractivity (Wildman–Crippen MR) is 121 cm³/mol. The fourth-order valence-corrected chi connectivity index (χ4v) is 4.02. The average Bonchev–Trinajstić information content (AvgIpc) is 3.29. The molecule has 0 aliphatic carbocycles. The Morgan fingerprint density at radius 1 is 1.25 bits per heavy atom. The molecule has 0 radical (unpaired) electrons. The van der Waals surface area contributed by atoms with Crippen LogP contribution in [0, 0.1) is 6.92 Å². The minimum absolute atomic E-state index is 0.0404. The van der Waals surface area contributed by atoms with Gasteiger partial charge in [0.1, 0.15) is 0 Å². The number of H-pyrrole nitrogens is 1. The summed E-state index contributed by atoms with van der Waals surface area (Å²) in [5.41, 5.74) is 4.77. The van der Waals surface area contributed by atoms with E-state index in [1.165, 1.54) is 0 Å². The largest absolute Gasteiger partial charge is 0.494 e. The molecule has 0 saturated carbocycles. The number of nitrogens with one attached hydrogen (secondary N) is 1. The third-order valence-corrected chi connectivity index (χ3v) is 5.90. The van der Waals surface area contributed by atoms with Gasteiger partial charge in [-0.15, -0.1) is 0 Å². The van der Waals surface area contributed by atoms with Crippen LogP contribution in [0.3, 0.4) is 0 Å². The van der Waals surface area contributed by atoms with E-state index in [1.807, 2.05) is 42.9 Å². The quantitative estimate of drug-likeness (QED) is 0.483. The van der Waals surface area contributed by atoms with Gasteiger partial charge in [-0.25, -0.2) is 4.99 Å². The summed E-state index contributed by atoms with van der Waals surface area (Å²) in [6.45, 7) is 6.75. The number of hydrogen-bond donors (Lipinski definition) is 2. The standard InChI is InChI=1S/C23H23N7O2/c1-13-4-6-24-9-18(13)19-8-17-20(10-25-19)27-23(32)22(17)14(2)26-21-5-7-30(28-21)16-11-29(12-16)15(3)31/h4-10,16,27,32H,11-12H2,1-3H3. The molecular weight excluding hydrogens is 406 g/mol. The number of likely N-dealkylation sites (tertiary alicyclic amines) is 1. The number of rotatable bonds is 4. The number of aromatic amines is 1. The van der Waals surface area contributed by atoms with Gasteiger partial charge < -0.3 is 15.0 Å². The number of pyridine rings is 2. The second kappa shape index (κ2) is 7.60. The molecule has 1 aliphatic rings. The molecule has 0 spiro atoms. The molecule has 1 amide bonds. The van der Waals surface area contributed by atoms with Crippen molar-refractivity contribution >= 4 is 28.3 Å². The van der Waals surface area contributed by atoms with Crippen molar-refractivity contribution in [2.75, 3.05) is 13.1 Å². The van der Waals surface area contributed by atoms with Crippen LogP contribution in [0.1, 0.15) is 31.0 Å². The zero-order valence-electron chi connectivity index (χ0n) is 18.1. The number of aromatic hydroxyl groups is 1. The van der Waals surface area contributed by atoms with Gasteiger partial charge in [-0.05, 0) is 31.5 Å². The van der Waals surface area contributed by atoms with E-state index in [4.69, 9.17) is 0 Å². The first-order valence-corrected chi connectivity index (χ1v) is 10.4. The van der Waals surface area contributed by atoms with Gasteiger partial charge in [-0.2, -0.15) is 5.10 Å². The molecule has 1 saturated heterocycles. The summed E-state index contributed by atoms with van der Waals surface area (Å²) in [6, 6.07) is 5.88.